The van der Waals surface area contributed by atoms with Crippen LogP contribution in [0.1, 0.15) is 5.56 Å². The van der Waals surface area contributed by atoms with Gasteiger partial charge >= 0.3 is 0 Å². The Morgan fingerprint density at radius 1 is 1.29 bits per heavy atom. The van der Waals surface area contributed by atoms with Gasteiger partial charge in [0.05, 0.1) is 5.02 Å². The fourth-order valence-electron chi connectivity index (χ4n) is 2.11. The van der Waals surface area contributed by atoms with Crippen molar-refractivity contribution in [3.8, 4) is 17.6 Å². The number of rotatable bonds is 3. The normalized spacial score (nSPS) is 12.6. The van der Waals surface area contributed by atoms with Gasteiger partial charge in [-0.3, -0.25) is 4.79 Å². The Morgan fingerprint density at radius 2 is 2.04 bits per heavy atom. The number of hydrogen-bond donors (Lipinski definition) is 1. The average Bonchev–Trinajstić information content (AvgIpc) is 2.99. The molecule has 0 spiro atoms. The third kappa shape index (κ3) is 3.63. The SMILES string of the molecule is N#C/C(=C\c1cc2c(cc1Cl)OCO2)C(=O)Nc1cccc(I)c1. The molecule has 1 heterocycles. The molecular formula is C17H10ClIN2O3. The fraction of sp³-hybridized carbons (Fsp3) is 0.0588. The lowest BCUT2D eigenvalue weighted by atomic mass is 10.1. The maximum Gasteiger partial charge on any atom is 0.266 e. The Balaban J connectivity index is 1.87. The average molecular weight is 453 g/mol. The van der Waals surface area contributed by atoms with E-state index in [2.05, 4.69) is 27.9 Å². The van der Waals surface area contributed by atoms with Crippen molar-refractivity contribution in [1.29, 1.82) is 5.26 Å². The summed E-state index contributed by atoms with van der Waals surface area (Å²) in [5.74, 6) is 0.563. The molecule has 0 radical (unpaired) electrons. The molecule has 7 heteroatoms. The fourth-order valence-corrected chi connectivity index (χ4v) is 2.86. The van der Waals surface area contributed by atoms with E-state index in [-0.39, 0.29) is 12.4 Å². The van der Waals surface area contributed by atoms with E-state index < -0.39 is 5.91 Å². The van der Waals surface area contributed by atoms with Gasteiger partial charge in [-0.05, 0) is 58.5 Å². The standard InChI is InChI=1S/C17H10ClIN2O3/c18-14-7-16-15(23-9-24-16)5-10(14)4-11(8-20)17(22)21-13-3-1-2-12(19)6-13/h1-7H,9H2,(H,21,22)/b11-4+. The zero-order valence-corrected chi connectivity index (χ0v) is 15.1. The molecule has 0 atom stereocenters. The topological polar surface area (TPSA) is 71.3 Å². The Morgan fingerprint density at radius 3 is 2.75 bits per heavy atom. The number of fused-ring (bicyclic) bond motifs is 1. The van der Waals surface area contributed by atoms with Gasteiger partial charge in [0.15, 0.2) is 11.5 Å². The molecule has 0 unspecified atom stereocenters. The highest BCUT2D eigenvalue weighted by molar-refractivity contribution is 14.1. The lowest BCUT2D eigenvalue weighted by Gasteiger charge is -2.06. The van der Waals surface area contributed by atoms with Crippen molar-refractivity contribution in [2.75, 3.05) is 12.1 Å². The van der Waals surface area contributed by atoms with Gasteiger partial charge in [-0.25, -0.2) is 0 Å². The number of hydrogen-bond acceptors (Lipinski definition) is 4. The van der Waals surface area contributed by atoms with E-state index in [0.29, 0.717) is 27.8 Å². The van der Waals surface area contributed by atoms with Crippen molar-refractivity contribution < 1.29 is 14.3 Å². The quantitative estimate of drug-likeness (QED) is 0.430. The van der Waals surface area contributed by atoms with Crippen LogP contribution in [0, 0.1) is 14.9 Å². The van der Waals surface area contributed by atoms with Crippen LogP contribution >= 0.6 is 34.2 Å². The summed E-state index contributed by atoms with van der Waals surface area (Å²) in [6.45, 7) is 0.122. The minimum Gasteiger partial charge on any atom is -0.454 e. The molecule has 24 heavy (non-hydrogen) atoms. The summed E-state index contributed by atoms with van der Waals surface area (Å²) < 4.78 is 11.5. The summed E-state index contributed by atoms with van der Waals surface area (Å²) in [7, 11) is 0. The highest BCUT2D eigenvalue weighted by atomic mass is 127. The maximum absolute atomic E-state index is 12.3. The summed E-state index contributed by atoms with van der Waals surface area (Å²) in [4.78, 5) is 12.3. The molecule has 0 bridgehead atoms. The van der Waals surface area contributed by atoms with Crippen molar-refractivity contribution in [3.05, 3.63) is 56.1 Å². The Kier molecular flexibility index (Phi) is 4.92. The highest BCUT2D eigenvalue weighted by Crippen LogP contribution is 2.37. The summed E-state index contributed by atoms with van der Waals surface area (Å²) in [6.07, 6.45) is 1.42. The van der Waals surface area contributed by atoms with Crippen molar-refractivity contribution in [3.63, 3.8) is 0 Å². The predicted octanol–water partition coefficient (Wildman–Crippen LogP) is 4.22. The molecule has 1 amide bonds. The van der Waals surface area contributed by atoms with Gasteiger partial charge in [0.1, 0.15) is 11.6 Å². The van der Waals surface area contributed by atoms with Gasteiger partial charge in [-0.15, -0.1) is 0 Å². The van der Waals surface area contributed by atoms with Crippen LogP contribution in [0.4, 0.5) is 5.69 Å². The number of halogens is 2. The van der Waals surface area contributed by atoms with E-state index in [9.17, 15) is 10.1 Å². The number of benzene rings is 2. The van der Waals surface area contributed by atoms with Gasteiger partial charge in [0, 0.05) is 15.3 Å². The zero-order chi connectivity index (χ0) is 17.1. The van der Waals surface area contributed by atoms with E-state index in [1.54, 1.807) is 24.3 Å². The molecule has 3 rings (SSSR count). The van der Waals surface area contributed by atoms with Crippen molar-refractivity contribution in [1.82, 2.24) is 0 Å². The van der Waals surface area contributed by atoms with Crippen LogP contribution in [0.25, 0.3) is 6.08 Å². The Labute approximate surface area is 157 Å². The van der Waals surface area contributed by atoms with E-state index in [4.69, 9.17) is 21.1 Å². The smallest absolute Gasteiger partial charge is 0.266 e. The highest BCUT2D eigenvalue weighted by Gasteiger charge is 2.17. The predicted molar refractivity (Wildman–Crippen MR) is 99.0 cm³/mol. The first kappa shape index (κ1) is 16.6. The molecule has 0 aliphatic carbocycles. The monoisotopic (exact) mass is 452 g/mol. The van der Waals surface area contributed by atoms with Crippen LogP contribution in [0.3, 0.4) is 0 Å². The third-order valence-corrected chi connectivity index (χ3v) is 4.24. The van der Waals surface area contributed by atoms with Gasteiger partial charge < -0.3 is 14.8 Å². The Hall–Kier alpha value is -2.24. The van der Waals surface area contributed by atoms with E-state index in [1.807, 2.05) is 18.2 Å². The second kappa shape index (κ2) is 7.11. The summed E-state index contributed by atoms with van der Waals surface area (Å²) in [6, 6.07) is 12.4. The second-order valence-corrected chi connectivity index (χ2v) is 6.51. The minimum absolute atomic E-state index is 0.0605. The van der Waals surface area contributed by atoms with Gasteiger partial charge in [-0.2, -0.15) is 5.26 Å². The number of nitrogens with zero attached hydrogens (tertiary/aromatic N) is 1. The summed E-state index contributed by atoms with van der Waals surface area (Å²) in [5, 5.41) is 12.4. The lowest BCUT2D eigenvalue weighted by molar-refractivity contribution is -0.112. The molecule has 5 nitrogen and oxygen atoms in total. The van der Waals surface area contributed by atoms with Crippen LogP contribution in [0.2, 0.25) is 5.02 Å². The number of nitrogens with one attached hydrogen (secondary N) is 1. The first-order valence-electron chi connectivity index (χ1n) is 6.84. The minimum atomic E-state index is -0.506. The summed E-state index contributed by atoms with van der Waals surface area (Å²) >= 11 is 8.32. The molecule has 1 aliphatic heterocycles. The van der Waals surface area contributed by atoms with Crippen LogP contribution < -0.4 is 14.8 Å². The van der Waals surface area contributed by atoms with Crippen LogP contribution in [-0.2, 0) is 4.79 Å². The molecule has 2 aromatic carbocycles. The number of amides is 1. The van der Waals surface area contributed by atoms with Crippen molar-refractivity contribution in [2.24, 2.45) is 0 Å². The van der Waals surface area contributed by atoms with Crippen LogP contribution in [0.15, 0.2) is 42.0 Å². The largest absolute Gasteiger partial charge is 0.454 e. The number of ether oxygens (including phenoxy) is 2. The molecule has 120 valence electrons. The maximum atomic E-state index is 12.3. The lowest BCUT2D eigenvalue weighted by Crippen LogP contribution is -2.13. The van der Waals surface area contributed by atoms with Crippen molar-refractivity contribution >= 4 is 51.9 Å². The number of carbonyl (C=O) groups is 1. The molecule has 0 fully saturated rings. The number of nitriles is 1. The first-order valence-corrected chi connectivity index (χ1v) is 8.30. The molecule has 0 aromatic heterocycles. The van der Waals surface area contributed by atoms with E-state index in [0.717, 1.165) is 3.57 Å². The molecule has 2 aromatic rings. The molecule has 0 saturated heterocycles. The second-order valence-electron chi connectivity index (χ2n) is 4.86. The molecular weight excluding hydrogens is 443 g/mol. The van der Waals surface area contributed by atoms with Gasteiger partial charge in [-0.1, -0.05) is 17.7 Å². The van der Waals surface area contributed by atoms with Crippen LogP contribution in [0.5, 0.6) is 11.5 Å². The Bertz CT molecular complexity index is 890. The number of anilines is 1. The van der Waals surface area contributed by atoms with E-state index in [1.165, 1.54) is 6.08 Å². The van der Waals surface area contributed by atoms with Crippen LogP contribution in [-0.4, -0.2) is 12.7 Å². The first-order chi connectivity index (χ1) is 11.6. The molecule has 0 saturated carbocycles. The molecule has 1 N–H and O–H groups in total. The molecule has 1 aliphatic rings. The third-order valence-electron chi connectivity index (χ3n) is 3.24. The summed E-state index contributed by atoms with van der Waals surface area (Å²) in [5.41, 5.74) is 1.06. The van der Waals surface area contributed by atoms with Gasteiger partial charge in [0.25, 0.3) is 5.91 Å². The number of carbonyl (C=O) groups excluding carboxylic acids is 1. The van der Waals surface area contributed by atoms with Gasteiger partial charge in [0.2, 0.25) is 6.79 Å². The van der Waals surface area contributed by atoms with E-state index >= 15 is 0 Å². The van der Waals surface area contributed by atoms with Crippen molar-refractivity contribution in [2.45, 2.75) is 0 Å². The zero-order valence-electron chi connectivity index (χ0n) is 12.2.